The van der Waals surface area contributed by atoms with Crippen molar-refractivity contribution in [2.45, 2.75) is 140 Å². The van der Waals surface area contributed by atoms with Gasteiger partial charge in [-0.15, -0.1) is 6.58 Å². The monoisotopic (exact) mass is 837 g/mol. The van der Waals surface area contributed by atoms with Crippen molar-refractivity contribution in [3.05, 3.63) is 42.6 Å². The molecule has 3 amide bonds. The third kappa shape index (κ3) is 10.5. The van der Waals surface area contributed by atoms with Crippen molar-refractivity contribution in [3.8, 4) is 11.5 Å². The maximum Gasteiger partial charge on any atom is 0.405 e. The van der Waals surface area contributed by atoms with Crippen LogP contribution in [0.4, 0.5) is 4.79 Å². The van der Waals surface area contributed by atoms with Crippen molar-refractivity contribution < 1.29 is 46.9 Å². The van der Waals surface area contributed by atoms with E-state index in [-0.39, 0.29) is 32.2 Å². The first-order valence-corrected chi connectivity index (χ1v) is 22.7. The number of Topliss-reactive ketones (excluding diaryl/α,β-unsaturated/α-hetero) is 1. The summed E-state index contributed by atoms with van der Waals surface area (Å²) < 4.78 is 45.6. The van der Waals surface area contributed by atoms with Gasteiger partial charge in [0.25, 0.3) is 5.91 Å². The lowest BCUT2D eigenvalue weighted by Gasteiger charge is -2.32. The number of likely N-dealkylation sites (tertiary alicyclic amines) is 1. The highest BCUT2D eigenvalue weighted by Crippen LogP contribution is 2.45. The first kappa shape index (κ1) is 42.8. The SMILES string of the molecule is C=CC1C[C@]1(NC(=O)[C@@H]1C[C@@H](Oc2cc3cc(OC4CO4)ccc3nc2CCCCCC2CCCC2)CN1CC(=O)[C@@H](NC(=O)O)C(C)(C)C)C(=O)NS(=O)(=O)C1CC1. The van der Waals surface area contributed by atoms with E-state index in [1.165, 1.54) is 38.2 Å². The van der Waals surface area contributed by atoms with Gasteiger partial charge in [-0.05, 0) is 67.7 Å². The highest BCUT2D eigenvalue weighted by atomic mass is 32.2. The number of epoxide rings is 1. The van der Waals surface area contributed by atoms with Crippen LogP contribution in [0.2, 0.25) is 0 Å². The Kier molecular flexibility index (Phi) is 12.6. The molecule has 0 radical (unpaired) electrons. The Bertz CT molecular complexity index is 2040. The second-order valence-electron chi connectivity index (χ2n) is 18.2. The number of unbranched alkanes of at least 4 members (excludes halogenated alkanes) is 2. The number of aromatic nitrogens is 1. The van der Waals surface area contributed by atoms with Gasteiger partial charge in [0.15, 0.2) is 5.78 Å². The van der Waals surface area contributed by atoms with Gasteiger partial charge in [-0.1, -0.05) is 71.8 Å². The highest BCUT2D eigenvalue weighted by molar-refractivity contribution is 7.91. The van der Waals surface area contributed by atoms with Crippen LogP contribution in [0, 0.1) is 17.3 Å². The zero-order chi connectivity index (χ0) is 42.1. The van der Waals surface area contributed by atoms with Crippen molar-refractivity contribution in [1.82, 2.24) is 25.2 Å². The third-order valence-electron chi connectivity index (χ3n) is 12.4. The number of benzene rings is 1. The van der Waals surface area contributed by atoms with E-state index in [1.807, 2.05) is 24.3 Å². The number of ether oxygens (including phenoxy) is 3. The first-order chi connectivity index (χ1) is 28.0. The Balaban J connectivity index is 1.13. The van der Waals surface area contributed by atoms with E-state index in [4.69, 9.17) is 19.2 Å². The van der Waals surface area contributed by atoms with Gasteiger partial charge in [0, 0.05) is 24.3 Å². The summed E-state index contributed by atoms with van der Waals surface area (Å²) >= 11 is 0. The molecule has 2 aromatic rings. The Labute approximate surface area is 346 Å². The van der Waals surface area contributed by atoms with Gasteiger partial charge in [-0.3, -0.25) is 24.0 Å². The summed E-state index contributed by atoms with van der Waals surface area (Å²) in [5.74, 6) is -0.308. The Morgan fingerprint density at radius 1 is 1.08 bits per heavy atom. The normalized spacial score (nSPS) is 26.2. The first-order valence-electron chi connectivity index (χ1n) is 21.2. The molecule has 0 spiro atoms. The molecule has 4 N–H and O–H groups in total. The number of carboxylic acid groups (broad SMARTS) is 1. The average Bonchev–Trinajstić information content (AvgIpc) is 4.12. The fourth-order valence-corrected chi connectivity index (χ4v) is 10.1. The van der Waals surface area contributed by atoms with Crippen LogP contribution in [0.15, 0.2) is 36.9 Å². The third-order valence-corrected chi connectivity index (χ3v) is 14.2. The Morgan fingerprint density at radius 2 is 1.83 bits per heavy atom. The lowest BCUT2D eigenvalue weighted by Crippen LogP contribution is -2.57. The quantitative estimate of drug-likeness (QED) is 0.0790. The number of hydrogen-bond acceptors (Lipinski definition) is 11. The second kappa shape index (κ2) is 17.4. The van der Waals surface area contributed by atoms with Gasteiger partial charge in [0.1, 0.15) is 29.7 Å². The lowest BCUT2D eigenvalue weighted by atomic mass is 9.84. The predicted octanol–water partition coefficient (Wildman–Crippen LogP) is 5.01. The molecule has 59 heavy (non-hydrogen) atoms. The molecular weight excluding hydrogens is 779 g/mol. The zero-order valence-corrected chi connectivity index (χ0v) is 35.2. The van der Waals surface area contributed by atoms with Crippen LogP contribution in [0.3, 0.4) is 0 Å². The molecule has 0 bridgehead atoms. The number of pyridine rings is 1. The molecule has 15 nitrogen and oxygen atoms in total. The summed E-state index contributed by atoms with van der Waals surface area (Å²) in [5, 5.41) is 15.0. The largest absolute Gasteiger partial charge is 0.487 e. The second-order valence-corrected chi connectivity index (χ2v) is 20.2. The number of sulfonamides is 1. The van der Waals surface area contributed by atoms with Gasteiger partial charge in [-0.2, -0.15) is 0 Å². The van der Waals surface area contributed by atoms with Crippen LogP contribution >= 0.6 is 0 Å². The summed E-state index contributed by atoms with van der Waals surface area (Å²) in [6, 6.07) is 5.55. The van der Waals surface area contributed by atoms with Crippen LogP contribution in [-0.2, 0) is 35.6 Å². The minimum absolute atomic E-state index is 0.128. The number of ketones is 1. The fraction of sp³-hybridized carbons (Fsp3) is 0.651. The zero-order valence-electron chi connectivity index (χ0n) is 34.4. The molecule has 322 valence electrons. The minimum Gasteiger partial charge on any atom is -0.487 e. The molecule has 5 fully saturated rings. The summed E-state index contributed by atoms with van der Waals surface area (Å²) in [4.78, 5) is 60.3. The number of carbonyl (C=O) groups excluding carboxylic acids is 3. The molecule has 1 aromatic carbocycles. The van der Waals surface area contributed by atoms with Crippen LogP contribution in [0.5, 0.6) is 11.5 Å². The molecule has 6 atom stereocenters. The Morgan fingerprint density at radius 3 is 2.47 bits per heavy atom. The number of carbonyl (C=O) groups is 4. The minimum atomic E-state index is -3.89. The summed E-state index contributed by atoms with van der Waals surface area (Å²) in [6.45, 7) is 9.44. The number of amides is 3. The van der Waals surface area contributed by atoms with E-state index in [1.54, 1.807) is 25.7 Å². The molecule has 2 saturated heterocycles. The Hall–Kier alpha value is -4.28. The van der Waals surface area contributed by atoms with Gasteiger partial charge < -0.3 is 30.0 Å². The van der Waals surface area contributed by atoms with Crippen LogP contribution in [0.25, 0.3) is 10.9 Å². The van der Waals surface area contributed by atoms with Crippen molar-refractivity contribution in [3.63, 3.8) is 0 Å². The van der Waals surface area contributed by atoms with Gasteiger partial charge in [0.2, 0.25) is 22.2 Å². The summed E-state index contributed by atoms with van der Waals surface area (Å²) in [7, 11) is -3.89. The predicted molar refractivity (Wildman–Crippen MR) is 219 cm³/mol. The molecule has 16 heteroatoms. The molecule has 2 unspecified atom stereocenters. The fourth-order valence-electron chi connectivity index (χ4n) is 8.78. The number of rotatable bonds is 20. The van der Waals surface area contributed by atoms with Crippen molar-refractivity contribution in [1.29, 1.82) is 0 Å². The molecule has 3 saturated carbocycles. The molecule has 5 aliphatic rings. The molecule has 7 rings (SSSR count). The molecule has 3 heterocycles. The van der Waals surface area contributed by atoms with E-state index in [2.05, 4.69) is 21.9 Å². The topological polar surface area (TPSA) is 206 Å². The van der Waals surface area contributed by atoms with Crippen molar-refractivity contribution in [2.24, 2.45) is 17.3 Å². The number of hydrogen-bond donors (Lipinski definition) is 4. The maximum absolute atomic E-state index is 14.4. The van der Waals surface area contributed by atoms with E-state index >= 15 is 0 Å². The van der Waals surface area contributed by atoms with Crippen LogP contribution in [0.1, 0.15) is 104 Å². The van der Waals surface area contributed by atoms with Crippen LogP contribution in [-0.4, -0.2) is 102 Å². The standard InChI is InChI=1S/C43H59N5O10S/c1-5-28-22-43(28,40(51)47-59(54,55)31-16-17-31)46-39(50)34-21-30(23-48(34)24-35(49)38(42(2,3)4)45-41(52)53)57-36-20-27-19-29(58-37-25-56-37)15-18-32(27)44-33(36)14-8-6-7-11-26-12-9-10-13-26/h5,15,18-20,26,28,30-31,34,37-38,45H,1,6-14,16-17,21-25H2,2-4H3,(H,46,50)(H,47,51)(H,52,53)/t28?,30-,34+,37?,38-,43-/m1/s1. The molecule has 3 aliphatic carbocycles. The van der Waals surface area contributed by atoms with E-state index < -0.39 is 74.0 Å². The lowest BCUT2D eigenvalue weighted by molar-refractivity contribution is -0.133. The number of fused-ring (bicyclic) bond motifs is 1. The molecular formula is C43H59N5O10S. The van der Waals surface area contributed by atoms with Crippen molar-refractivity contribution in [2.75, 3.05) is 19.7 Å². The molecule has 2 aliphatic heterocycles. The number of nitrogens with one attached hydrogen (secondary N) is 3. The van der Waals surface area contributed by atoms with Crippen molar-refractivity contribution >= 4 is 44.6 Å². The van der Waals surface area contributed by atoms with E-state index in [0.717, 1.165) is 41.8 Å². The van der Waals surface area contributed by atoms with Crippen LogP contribution < -0.4 is 24.8 Å². The number of nitrogens with zero attached hydrogens (tertiary/aromatic N) is 2. The number of aryl methyl sites for hydroxylation is 1. The highest BCUT2D eigenvalue weighted by Gasteiger charge is 2.62. The van der Waals surface area contributed by atoms with Gasteiger partial charge >= 0.3 is 6.09 Å². The van der Waals surface area contributed by atoms with Gasteiger partial charge in [0.05, 0.1) is 35.1 Å². The maximum atomic E-state index is 14.4. The summed E-state index contributed by atoms with van der Waals surface area (Å²) in [5.41, 5.74) is -0.732. The molecule has 1 aromatic heterocycles. The smallest absolute Gasteiger partial charge is 0.405 e. The summed E-state index contributed by atoms with van der Waals surface area (Å²) in [6.07, 6.45) is 10.9. The van der Waals surface area contributed by atoms with Gasteiger partial charge in [-0.25, -0.2) is 18.2 Å². The van der Waals surface area contributed by atoms with E-state index in [0.29, 0.717) is 37.4 Å². The average molecular weight is 838 g/mol. The van der Waals surface area contributed by atoms with E-state index in [9.17, 15) is 32.7 Å².